The van der Waals surface area contributed by atoms with Crippen LogP contribution in [0.25, 0.3) is 0 Å². The van der Waals surface area contributed by atoms with Crippen LogP contribution in [-0.2, 0) is 6.54 Å². The standard InChI is InChI=1S/C17H19BrN2O/c1-11-4-5-13(12(2)8-11)10-20(3)17(21)15-9-14(19)6-7-16(15)18/h4-9H,10,19H2,1-3H3. The van der Waals surface area contributed by atoms with E-state index >= 15 is 0 Å². The minimum Gasteiger partial charge on any atom is -0.399 e. The van der Waals surface area contributed by atoms with Crippen molar-refractivity contribution in [1.29, 1.82) is 0 Å². The number of rotatable bonds is 3. The van der Waals surface area contributed by atoms with E-state index in [9.17, 15) is 4.79 Å². The summed E-state index contributed by atoms with van der Waals surface area (Å²) in [7, 11) is 1.80. The Bertz CT molecular complexity index is 682. The smallest absolute Gasteiger partial charge is 0.255 e. The minimum absolute atomic E-state index is 0.0471. The van der Waals surface area contributed by atoms with E-state index in [2.05, 4.69) is 48.0 Å². The number of nitrogen functional groups attached to an aromatic ring is 1. The second-order valence-electron chi connectivity index (χ2n) is 5.33. The van der Waals surface area contributed by atoms with Crippen molar-refractivity contribution in [1.82, 2.24) is 4.90 Å². The minimum atomic E-state index is -0.0471. The zero-order valence-electron chi connectivity index (χ0n) is 12.5. The SMILES string of the molecule is Cc1ccc(CN(C)C(=O)c2cc(N)ccc2Br)c(C)c1. The van der Waals surface area contributed by atoms with Crippen LogP contribution in [0.1, 0.15) is 27.0 Å². The molecular formula is C17H19BrN2O. The Morgan fingerprint density at radius 3 is 2.57 bits per heavy atom. The monoisotopic (exact) mass is 346 g/mol. The highest BCUT2D eigenvalue weighted by Gasteiger charge is 2.16. The van der Waals surface area contributed by atoms with E-state index < -0.39 is 0 Å². The topological polar surface area (TPSA) is 46.3 Å². The Morgan fingerprint density at radius 1 is 1.19 bits per heavy atom. The Labute approximate surface area is 133 Å². The molecule has 0 saturated heterocycles. The van der Waals surface area contributed by atoms with Gasteiger partial charge in [-0.2, -0.15) is 0 Å². The number of nitrogens with two attached hydrogens (primary N) is 1. The molecule has 0 saturated carbocycles. The number of anilines is 1. The fraction of sp³-hybridized carbons (Fsp3) is 0.235. The van der Waals surface area contributed by atoms with E-state index in [1.807, 2.05) is 0 Å². The predicted molar refractivity (Wildman–Crippen MR) is 90.3 cm³/mol. The van der Waals surface area contributed by atoms with Crippen LogP contribution in [-0.4, -0.2) is 17.9 Å². The van der Waals surface area contributed by atoms with Gasteiger partial charge in [-0.15, -0.1) is 0 Å². The molecule has 0 spiro atoms. The molecule has 3 nitrogen and oxygen atoms in total. The van der Waals surface area contributed by atoms with Crippen molar-refractivity contribution in [2.24, 2.45) is 0 Å². The molecule has 1 amide bonds. The summed E-state index contributed by atoms with van der Waals surface area (Å²) in [6.07, 6.45) is 0. The number of hydrogen-bond donors (Lipinski definition) is 1. The van der Waals surface area contributed by atoms with Crippen molar-refractivity contribution in [3.05, 3.63) is 63.1 Å². The molecule has 0 bridgehead atoms. The molecule has 0 unspecified atom stereocenters. The molecule has 0 heterocycles. The molecule has 0 radical (unpaired) electrons. The molecule has 2 aromatic carbocycles. The van der Waals surface area contributed by atoms with Gasteiger partial charge in [-0.25, -0.2) is 0 Å². The highest BCUT2D eigenvalue weighted by molar-refractivity contribution is 9.10. The molecule has 21 heavy (non-hydrogen) atoms. The van der Waals surface area contributed by atoms with Gasteiger partial charge in [-0.1, -0.05) is 23.8 Å². The van der Waals surface area contributed by atoms with Gasteiger partial charge in [0.2, 0.25) is 0 Å². The molecule has 0 fully saturated rings. The van der Waals surface area contributed by atoms with Crippen molar-refractivity contribution in [2.75, 3.05) is 12.8 Å². The second-order valence-corrected chi connectivity index (χ2v) is 6.18. The first kappa shape index (κ1) is 15.6. The zero-order valence-corrected chi connectivity index (χ0v) is 14.1. The van der Waals surface area contributed by atoms with Gasteiger partial charge < -0.3 is 10.6 Å². The lowest BCUT2D eigenvalue weighted by atomic mass is 10.1. The molecule has 110 valence electrons. The van der Waals surface area contributed by atoms with Crippen molar-refractivity contribution in [2.45, 2.75) is 20.4 Å². The van der Waals surface area contributed by atoms with Crippen LogP contribution in [0, 0.1) is 13.8 Å². The highest BCUT2D eigenvalue weighted by atomic mass is 79.9. The summed E-state index contributed by atoms with van der Waals surface area (Å²) >= 11 is 3.41. The van der Waals surface area contributed by atoms with E-state index in [-0.39, 0.29) is 5.91 Å². The second kappa shape index (κ2) is 6.31. The Hall–Kier alpha value is -1.81. The predicted octanol–water partition coefficient (Wildman–Crippen LogP) is 3.92. The van der Waals surface area contributed by atoms with Gasteiger partial charge in [-0.05, 0) is 59.1 Å². The van der Waals surface area contributed by atoms with Crippen LogP contribution in [0.3, 0.4) is 0 Å². The molecule has 0 aromatic heterocycles. The van der Waals surface area contributed by atoms with Crippen LogP contribution < -0.4 is 5.73 Å². The molecular weight excluding hydrogens is 328 g/mol. The molecule has 0 aliphatic rings. The molecule has 0 atom stereocenters. The number of carbonyl (C=O) groups excluding carboxylic acids is 1. The maximum Gasteiger partial charge on any atom is 0.255 e. The first-order valence-corrected chi connectivity index (χ1v) is 7.54. The van der Waals surface area contributed by atoms with E-state index in [0.29, 0.717) is 17.8 Å². The number of hydrogen-bond acceptors (Lipinski definition) is 2. The van der Waals surface area contributed by atoms with Gasteiger partial charge in [0.25, 0.3) is 5.91 Å². The van der Waals surface area contributed by atoms with Gasteiger partial charge in [0.1, 0.15) is 0 Å². The molecule has 2 rings (SSSR count). The zero-order chi connectivity index (χ0) is 15.6. The Balaban J connectivity index is 2.21. The van der Waals surface area contributed by atoms with Crippen LogP contribution >= 0.6 is 15.9 Å². The normalized spacial score (nSPS) is 10.5. The Kier molecular flexibility index (Phi) is 4.68. The maximum absolute atomic E-state index is 12.5. The van der Waals surface area contributed by atoms with E-state index in [1.54, 1.807) is 30.1 Å². The first-order valence-electron chi connectivity index (χ1n) is 6.75. The third-order valence-corrected chi connectivity index (χ3v) is 4.16. The van der Waals surface area contributed by atoms with Gasteiger partial charge in [0.05, 0.1) is 5.56 Å². The molecule has 2 aromatic rings. The van der Waals surface area contributed by atoms with Crippen LogP contribution in [0.4, 0.5) is 5.69 Å². The largest absolute Gasteiger partial charge is 0.399 e. The summed E-state index contributed by atoms with van der Waals surface area (Å²) in [6, 6.07) is 11.5. The van der Waals surface area contributed by atoms with Crippen LogP contribution in [0.5, 0.6) is 0 Å². The van der Waals surface area contributed by atoms with Gasteiger partial charge >= 0.3 is 0 Å². The number of amides is 1. The summed E-state index contributed by atoms with van der Waals surface area (Å²) in [4.78, 5) is 14.2. The third kappa shape index (κ3) is 3.64. The lowest BCUT2D eigenvalue weighted by molar-refractivity contribution is 0.0784. The van der Waals surface area contributed by atoms with Crippen molar-refractivity contribution in [3.63, 3.8) is 0 Å². The lowest BCUT2D eigenvalue weighted by Crippen LogP contribution is -2.27. The summed E-state index contributed by atoms with van der Waals surface area (Å²) < 4.78 is 0.758. The average Bonchev–Trinajstić information content (AvgIpc) is 2.43. The molecule has 2 N–H and O–H groups in total. The van der Waals surface area contributed by atoms with Crippen LogP contribution in [0.2, 0.25) is 0 Å². The molecule has 0 aliphatic heterocycles. The van der Waals surface area contributed by atoms with E-state index in [0.717, 1.165) is 10.0 Å². The fourth-order valence-electron chi connectivity index (χ4n) is 2.26. The van der Waals surface area contributed by atoms with Gasteiger partial charge in [0, 0.05) is 23.8 Å². The van der Waals surface area contributed by atoms with E-state index in [1.165, 1.54) is 11.1 Å². The van der Waals surface area contributed by atoms with Crippen molar-refractivity contribution in [3.8, 4) is 0 Å². The third-order valence-electron chi connectivity index (χ3n) is 3.47. The number of carbonyl (C=O) groups is 1. The maximum atomic E-state index is 12.5. The summed E-state index contributed by atoms with van der Waals surface area (Å²) in [5.74, 6) is -0.0471. The summed E-state index contributed by atoms with van der Waals surface area (Å²) in [6.45, 7) is 4.71. The van der Waals surface area contributed by atoms with E-state index in [4.69, 9.17) is 5.73 Å². The van der Waals surface area contributed by atoms with Crippen molar-refractivity contribution >= 4 is 27.5 Å². The number of benzene rings is 2. The van der Waals surface area contributed by atoms with Crippen molar-refractivity contribution < 1.29 is 4.79 Å². The number of aryl methyl sites for hydroxylation is 2. The number of halogens is 1. The number of nitrogens with zero attached hydrogens (tertiary/aromatic N) is 1. The summed E-state index contributed by atoms with van der Waals surface area (Å²) in [5.41, 5.74) is 10.5. The fourth-order valence-corrected chi connectivity index (χ4v) is 2.68. The Morgan fingerprint density at radius 2 is 1.90 bits per heavy atom. The average molecular weight is 347 g/mol. The lowest BCUT2D eigenvalue weighted by Gasteiger charge is -2.19. The first-order chi connectivity index (χ1) is 9.88. The van der Waals surface area contributed by atoms with Crippen LogP contribution in [0.15, 0.2) is 40.9 Å². The quantitative estimate of drug-likeness (QED) is 0.856. The molecule has 0 aliphatic carbocycles. The van der Waals surface area contributed by atoms with Gasteiger partial charge in [-0.3, -0.25) is 4.79 Å². The summed E-state index contributed by atoms with van der Waals surface area (Å²) in [5, 5.41) is 0. The highest BCUT2D eigenvalue weighted by Crippen LogP contribution is 2.22. The van der Waals surface area contributed by atoms with Gasteiger partial charge in [0.15, 0.2) is 0 Å². The molecule has 4 heteroatoms.